The van der Waals surface area contributed by atoms with Crippen LogP contribution in [0.3, 0.4) is 0 Å². The topological polar surface area (TPSA) is 36.9 Å². The minimum Gasteiger partial charge on any atom is -0.365 e. The summed E-state index contributed by atoms with van der Waals surface area (Å²) in [5.74, 6) is -0.602. The summed E-state index contributed by atoms with van der Waals surface area (Å²) in [6.45, 7) is 10.1. The Morgan fingerprint density at radius 2 is 2.12 bits per heavy atom. The van der Waals surface area contributed by atoms with Gasteiger partial charge in [0.1, 0.15) is 17.8 Å². The SMILES string of the molecule is C=CC1=C[C@H]2O[C@@H]3OC(C)(C)O[C@@H]3[C@]2(C)OC1. The van der Waals surface area contributed by atoms with Gasteiger partial charge in [0.25, 0.3) is 0 Å². The summed E-state index contributed by atoms with van der Waals surface area (Å²) in [7, 11) is 0. The second kappa shape index (κ2) is 3.42. The molecular formula is C13H18O4. The Morgan fingerprint density at radius 1 is 1.35 bits per heavy atom. The Kier molecular flexibility index (Phi) is 2.29. The summed E-state index contributed by atoms with van der Waals surface area (Å²) in [4.78, 5) is 0. The molecule has 0 unspecified atom stereocenters. The highest BCUT2D eigenvalue weighted by atomic mass is 16.8. The zero-order valence-electron chi connectivity index (χ0n) is 10.4. The molecule has 3 rings (SSSR count). The molecule has 0 aromatic rings. The molecule has 4 atom stereocenters. The van der Waals surface area contributed by atoms with Gasteiger partial charge in [-0.3, -0.25) is 0 Å². The fraction of sp³-hybridized carbons (Fsp3) is 0.692. The van der Waals surface area contributed by atoms with Gasteiger partial charge in [-0.25, -0.2) is 0 Å². The van der Waals surface area contributed by atoms with Crippen molar-refractivity contribution in [2.75, 3.05) is 6.61 Å². The van der Waals surface area contributed by atoms with E-state index in [9.17, 15) is 0 Å². The fourth-order valence-corrected chi connectivity index (χ4v) is 2.64. The molecule has 3 aliphatic rings. The summed E-state index contributed by atoms with van der Waals surface area (Å²) in [5.41, 5.74) is 0.581. The van der Waals surface area contributed by atoms with Crippen LogP contribution in [-0.4, -0.2) is 36.5 Å². The molecule has 0 aliphatic carbocycles. The van der Waals surface area contributed by atoms with Gasteiger partial charge < -0.3 is 18.9 Å². The molecule has 2 saturated heterocycles. The molecular weight excluding hydrogens is 220 g/mol. The highest BCUT2D eigenvalue weighted by molar-refractivity contribution is 5.26. The molecule has 4 nitrogen and oxygen atoms in total. The van der Waals surface area contributed by atoms with Crippen molar-refractivity contribution in [3.05, 3.63) is 24.3 Å². The standard InChI is InChI=1S/C13H18O4/c1-5-8-6-9-13(4,14-7-8)10-11(15-9)17-12(2,3)16-10/h5-6,9-11H,1,7H2,2-4H3/t9-,10+,11-,13-/m1/s1. The third kappa shape index (κ3) is 1.59. The van der Waals surface area contributed by atoms with E-state index >= 15 is 0 Å². The third-order valence-corrected chi connectivity index (χ3v) is 3.65. The molecule has 0 spiro atoms. The van der Waals surface area contributed by atoms with Crippen LogP contribution >= 0.6 is 0 Å². The van der Waals surface area contributed by atoms with E-state index in [1.807, 2.05) is 20.8 Å². The second-order valence-electron chi connectivity index (χ2n) is 5.40. The first-order chi connectivity index (χ1) is 7.94. The van der Waals surface area contributed by atoms with Gasteiger partial charge in [-0.05, 0) is 32.4 Å². The molecule has 17 heavy (non-hydrogen) atoms. The fourth-order valence-electron chi connectivity index (χ4n) is 2.64. The van der Waals surface area contributed by atoms with Crippen LogP contribution in [0.5, 0.6) is 0 Å². The van der Waals surface area contributed by atoms with Crippen molar-refractivity contribution in [3.8, 4) is 0 Å². The van der Waals surface area contributed by atoms with Gasteiger partial charge in [0.15, 0.2) is 12.1 Å². The van der Waals surface area contributed by atoms with E-state index in [0.29, 0.717) is 6.61 Å². The number of ether oxygens (including phenoxy) is 4. The van der Waals surface area contributed by atoms with Crippen LogP contribution in [-0.2, 0) is 18.9 Å². The van der Waals surface area contributed by atoms with Crippen molar-refractivity contribution in [1.82, 2.24) is 0 Å². The summed E-state index contributed by atoms with van der Waals surface area (Å²) < 4.78 is 23.4. The Morgan fingerprint density at radius 3 is 2.82 bits per heavy atom. The van der Waals surface area contributed by atoms with Gasteiger partial charge >= 0.3 is 0 Å². The van der Waals surface area contributed by atoms with Crippen molar-refractivity contribution >= 4 is 0 Å². The second-order valence-corrected chi connectivity index (χ2v) is 5.40. The Hall–Kier alpha value is -0.680. The minimum atomic E-state index is -0.602. The lowest BCUT2D eigenvalue weighted by Gasteiger charge is -2.36. The Labute approximate surface area is 101 Å². The van der Waals surface area contributed by atoms with Crippen LogP contribution in [0.25, 0.3) is 0 Å². The predicted octanol–water partition coefficient (Wildman–Crippen LogP) is 1.76. The first-order valence-electron chi connectivity index (χ1n) is 5.93. The Bertz CT molecular complexity index is 387. The molecule has 2 fully saturated rings. The summed E-state index contributed by atoms with van der Waals surface area (Å²) in [6.07, 6.45) is 3.19. The maximum Gasteiger partial charge on any atom is 0.190 e. The van der Waals surface area contributed by atoms with Gasteiger partial charge in [0.05, 0.1) is 6.61 Å². The molecule has 0 aromatic carbocycles. The molecule has 94 valence electrons. The lowest BCUT2D eigenvalue weighted by molar-refractivity contribution is -0.228. The van der Waals surface area contributed by atoms with E-state index < -0.39 is 11.4 Å². The highest BCUT2D eigenvalue weighted by Crippen LogP contribution is 2.46. The molecule has 3 heterocycles. The van der Waals surface area contributed by atoms with E-state index in [2.05, 4.69) is 12.7 Å². The molecule has 0 aromatic heterocycles. The van der Waals surface area contributed by atoms with Gasteiger partial charge in [-0.2, -0.15) is 0 Å². The number of rotatable bonds is 1. The molecule has 0 radical (unpaired) electrons. The smallest absolute Gasteiger partial charge is 0.190 e. The Balaban J connectivity index is 1.90. The van der Waals surface area contributed by atoms with E-state index in [-0.39, 0.29) is 18.5 Å². The van der Waals surface area contributed by atoms with Crippen LogP contribution in [0.15, 0.2) is 24.3 Å². The van der Waals surface area contributed by atoms with E-state index in [4.69, 9.17) is 18.9 Å². The zero-order valence-corrected chi connectivity index (χ0v) is 10.4. The largest absolute Gasteiger partial charge is 0.365 e. The van der Waals surface area contributed by atoms with Crippen molar-refractivity contribution in [2.45, 2.75) is 50.7 Å². The number of fused-ring (bicyclic) bond motifs is 3. The average Bonchev–Trinajstić information content (AvgIpc) is 2.69. The van der Waals surface area contributed by atoms with E-state index in [1.54, 1.807) is 6.08 Å². The van der Waals surface area contributed by atoms with Crippen LogP contribution in [0.2, 0.25) is 0 Å². The lowest BCUT2D eigenvalue weighted by atomic mass is 9.91. The first-order valence-corrected chi connectivity index (χ1v) is 5.93. The summed E-state index contributed by atoms with van der Waals surface area (Å²) in [6, 6.07) is 0. The van der Waals surface area contributed by atoms with Gasteiger partial charge in [-0.15, -0.1) is 0 Å². The van der Waals surface area contributed by atoms with Crippen LogP contribution < -0.4 is 0 Å². The van der Waals surface area contributed by atoms with Crippen LogP contribution in [0.1, 0.15) is 20.8 Å². The van der Waals surface area contributed by atoms with Crippen molar-refractivity contribution < 1.29 is 18.9 Å². The highest BCUT2D eigenvalue weighted by Gasteiger charge is 2.62. The third-order valence-electron chi connectivity index (χ3n) is 3.65. The van der Waals surface area contributed by atoms with Crippen LogP contribution in [0.4, 0.5) is 0 Å². The summed E-state index contributed by atoms with van der Waals surface area (Å²) in [5, 5.41) is 0. The lowest BCUT2D eigenvalue weighted by Crippen LogP contribution is -2.50. The molecule has 4 heteroatoms. The molecule has 0 N–H and O–H groups in total. The van der Waals surface area contributed by atoms with E-state index in [0.717, 1.165) is 5.57 Å². The molecule has 0 saturated carbocycles. The monoisotopic (exact) mass is 238 g/mol. The van der Waals surface area contributed by atoms with Crippen molar-refractivity contribution in [3.63, 3.8) is 0 Å². The maximum absolute atomic E-state index is 5.93. The number of hydrogen-bond donors (Lipinski definition) is 0. The maximum atomic E-state index is 5.93. The van der Waals surface area contributed by atoms with Crippen molar-refractivity contribution in [2.24, 2.45) is 0 Å². The zero-order chi connectivity index (χ0) is 12.3. The molecule has 0 bridgehead atoms. The van der Waals surface area contributed by atoms with Gasteiger partial charge in [-0.1, -0.05) is 12.7 Å². The van der Waals surface area contributed by atoms with E-state index in [1.165, 1.54) is 0 Å². The van der Waals surface area contributed by atoms with Gasteiger partial charge in [0, 0.05) is 0 Å². The first kappa shape index (κ1) is 11.4. The predicted molar refractivity (Wildman–Crippen MR) is 61.3 cm³/mol. The normalized spacial score (nSPS) is 47.2. The van der Waals surface area contributed by atoms with Crippen molar-refractivity contribution in [1.29, 1.82) is 0 Å². The molecule has 3 aliphatic heterocycles. The minimum absolute atomic E-state index is 0.129. The quantitative estimate of drug-likeness (QED) is 0.697. The average molecular weight is 238 g/mol. The van der Waals surface area contributed by atoms with Gasteiger partial charge in [0.2, 0.25) is 0 Å². The molecule has 0 amide bonds. The summed E-state index contributed by atoms with van der Waals surface area (Å²) >= 11 is 0. The van der Waals surface area contributed by atoms with Crippen LogP contribution in [0, 0.1) is 0 Å². The number of hydrogen-bond acceptors (Lipinski definition) is 4.